The zero-order valence-corrected chi connectivity index (χ0v) is 11.0. The largest absolute Gasteiger partial charge is 0.313 e. The molecule has 0 aromatic heterocycles. The lowest BCUT2D eigenvalue weighted by atomic mass is 9.76. The Balaban J connectivity index is 2.96. The number of nitrogens with one attached hydrogen (secondary N) is 1. The number of halogens is 1. The van der Waals surface area contributed by atoms with Gasteiger partial charge >= 0.3 is 0 Å². The van der Waals surface area contributed by atoms with Crippen molar-refractivity contribution in [2.24, 2.45) is 0 Å². The van der Waals surface area contributed by atoms with Crippen LogP contribution in [0.3, 0.4) is 0 Å². The molecule has 0 aliphatic carbocycles. The molecule has 0 aliphatic rings. The van der Waals surface area contributed by atoms with Crippen LogP contribution < -0.4 is 5.32 Å². The second kappa shape index (κ2) is 5.97. The second-order valence-corrected chi connectivity index (χ2v) is 4.86. The first kappa shape index (κ1) is 13.9. The van der Waals surface area contributed by atoms with Gasteiger partial charge in [-0.1, -0.05) is 39.0 Å². The number of benzene rings is 1. The highest BCUT2D eigenvalue weighted by Crippen LogP contribution is 2.29. The van der Waals surface area contributed by atoms with E-state index in [4.69, 9.17) is 0 Å². The lowest BCUT2D eigenvalue weighted by Gasteiger charge is -2.35. The van der Waals surface area contributed by atoms with Gasteiger partial charge in [0.1, 0.15) is 5.82 Å². The Kier molecular flexibility index (Phi) is 4.88. The van der Waals surface area contributed by atoms with Crippen LogP contribution in [0, 0.1) is 5.82 Å². The van der Waals surface area contributed by atoms with Crippen molar-refractivity contribution < 1.29 is 4.39 Å². The van der Waals surface area contributed by atoms with Gasteiger partial charge in [-0.2, -0.15) is 0 Å². The van der Waals surface area contributed by atoms with E-state index < -0.39 is 0 Å². The van der Waals surface area contributed by atoms with Gasteiger partial charge in [-0.05, 0) is 30.7 Å². The topological polar surface area (TPSA) is 12.0 Å². The summed E-state index contributed by atoms with van der Waals surface area (Å²) in [6, 6.07) is 7.09. The summed E-state index contributed by atoms with van der Waals surface area (Å²) in [6.07, 6.45) is 2.83. The van der Waals surface area contributed by atoms with Crippen molar-refractivity contribution in [1.82, 2.24) is 5.32 Å². The molecule has 0 amide bonds. The summed E-state index contributed by atoms with van der Waals surface area (Å²) in [5.41, 5.74) is 1.10. The average molecular weight is 235 g/mol. The molecule has 1 aromatic rings. The highest BCUT2D eigenvalue weighted by molar-refractivity contribution is 5.26. The summed E-state index contributed by atoms with van der Waals surface area (Å²) in [5.74, 6) is -0.187. The minimum absolute atomic E-state index is 0.0437. The first-order valence-corrected chi connectivity index (χ1v) is 6.12. The van der Waals surface area contributed by atoms with Gasteiger partial charge in [0.2, 0.25) is 0 Å². The van der Waals surface area contributed by atoms with Gasteiger partial charge in [-0.25, -0.2) is 4.39 Å². The second-order valence-electron chi connectivity index (χ2n) is 4.86. The Labute approximate surface area is 104 Å². The van der Waals surface area contributed by atoms with Crippen molar-refractivity contribution in [3.05, 3.63) is 48.3 Å². The Morgan fingerprint density at radius 2 is 1.94 bits per heavy atom. The maximum absolute atomic E-state index is 12.9. The Morgan fingerprint density at radius 1 is 1.35 bits per heavy atom. The van der Waals surface area contributed by atoms with Gasteiger partial charge in [-0.15, -0.1) is 6.58 Å². The van der Waals surface area contributed by atoms with Crippen molar-refractivity contribution in [3.63, 3.8) is 0 Å². The van der Waals surface area contributed by atoms with Crippen LogP contribution in [0.5, 0.6) is 0 Å². The quantitative estimate of drug-likeness (QED) is 0.742. The number of rotatable bonds is 6. The summed E-state index contributed by atoms with van der Waals surface area (Å²) in [5, 5.41) is 3.47. The molecule has 0 spiro atoms. The molecule has 0 saturated carbocycles. The molecular weight excluding hydrogens is 213 g/mol. The Morgan fingerprint density at radius 3 is 2.41 bits per heavy atom. The molecule has 0 bridgehead atoms. The van der Waals surface area contributed by atoms with E-state index in [1.807, 2.05) is 18.2 Å². The zero-order chi connectivity index (χ0) is 12.9. The van der Waals surface area contributed by atoms with E-state index in [0.717, 1.165) is 18.5 Å². The van der Waals surface area contributed by atoms with Gasteiger partial charge in [0.25, 0.3) is 0 Å². The minimum atomic E-state index is -0.187. The highest BCUT2D eigenvalue weighted by atomic mass is 19.1. The van der Waals surface area contributed by atoms with Gasteiger partial charge in [0, 0.05) is 11.5 Å². The number of hydrogen-bond acceptors (Lipinski definition) is 1. The summed E-state index contributed by atoms with van der Waals surface area (Å²) in [7, 11) is 0. The van der Waals surface area contributed by atoms with Crippen LogP contribution in [0.4, 0.5) is 4.39 Å². The third kappa shape index (κ3) is 3.40. The van der Waals surface area contributed by atoms with Crippen molar-refractivity contribution >= 4 is 0 Å². The van der Waals surface area contributed by atoms with Crippen LogP contribution in [0.2, 0.25) is 0 Å². The molecule has 17 heavy (non-hydrogen) atoms. The van der Waals surface area contributed by atoms with Crippen molar-refractivity contribution in [1.29, 1.82) is 0 Å². The normalized spacial score (nSPS) is 13.4. The molecule has 1 unspecified atom stereocenters. The van der Waals surface area contributed by atoms with Crippen LogP contribution in [0.15, 0.2) is 36.9 Å². The van der Waals surface area contributed by atoms with E-state index in [9.17, 15) is 4.39 Å². The van der Waals surface area contributed by atoms with Crippen molar-refractivity contribution in [3.8, 4) is 0 Å². The fourth-order valence-electron chi connectivity index (χ4n) is 2.13. The molecular formula is C15H22FN. The van der Waals surface area contributed by atoms with Crippen molar-refractivity contribution in [2.45, 2.75) is 38.6 Å². The third-order valence-corrected chi connectivity index (χ3v) is 3.31. The molecule has 1 atom stereocenters. The van der Waals surface area contributed by atoms with Crippen LogP contribution in [0.1, 0.15) is 32.8 Å². The third-order valence-electron chi connectivity index (χ3n) is 3.31. The van der Waals surface area contributed by atoms with Gasteiger partial charge in [-0.3, -0.25) is 0 Å². The molecule has 1 rings (SSSR count). The maximum Gasteiger partial charge on any atom is 0.123 e. The molecule has 0 aliphatic heterocycles. The van der Waals surface area contributed by atoms with E-state index in [2.05, 4.69) is 32.7 Å². The fourth-order valence-corrected chi connectivity index (χ4v) is 2.13. The summed E-state index contributed by atoms with van der Waals surface area (Å²) in [6.45, 7) is 11.2. The van der Waals surface area contributed by atoms with E-state index in [1.165, 1.54) is 12.1 Å². The molecule has 1 N–H and O–H groups in total. The molecule has 0 heterocycles. The highest BCUT2D eigenvalue weighted by Gasteiger charge is 2.29. The summed E-state index contributed by atoms with van der Waals surface area (Å²) < 4.78 is 12.9. The predicted octanol–water partition coefficient (Wildman–Crippen LogP) is 3.66. The monoisotopic (exact) mass is 235 g/mol. The Hall–Kier alpha value is -1.15. The number of hydrogen-bond donors (Lipinski definition) is 1. The van der Waals surface area contributed by atoms with E-state index >= 15 is 0 Å². The SMILES string of the molecule is C=CCC(NCC)C(C)(C)c1ccc(F)cc1. The van der Waals surface area contributed by atoms with Crippen LogP contribution in [-0.4, -0.2) is 12.6 Å². The maximum atomic E-state index is 12.9. The fraction of sp³-hybridized carbons (Fsp3) is 0.467. The molecule has 2 heteroatoms. The molecule has 0 saturated heterocycles. The molecule has 0 fully saturated rings. The van der Waals surface area contributed by atoms with Gasteiger partial charge < -0.3 is 5.32 Å². The standard InChI is InChI=1S/C15H22FN/c1-5-7-14(17-6-2)15(3,4)12-8-10-13(16)11-9-12/h5,8-11,14,17H,1,6-7H2,2-4H3. The molecule has 1 aromatic carbocycles. The number of likely N-dealkylation sites (N-methyl/N-ethyl adjacent to an activating group) is 1. The van der Waals surface area contributed by atoms with Crippen LogP contribution >= 0.6 is 0 Å². The minimum Gasteiger partial charge on any atom is -0.313 e. The summed E-state index contributed by atoms with van der Waals surface area (Å²) in [4.78, 5) is 0. The predicted molar refractivity (Wildman–Crippen MR) is 71.7 cm³/mol. The average Bonchev–Trinajstić information content (AvgIpc) is 2.29. The van der Waals surface area contributed by atoms with E-state index in [1.54, 1.807) is 0 Å². The molecule has 1 nitrogen and oxygen atoms in total. The van der Waals surface area contributed by atoms with Crippen LogP contribution in [-0.2, 0) is 5.41 Å². The van der Waals surface area contributed by atoms with E-state index in [-0.39, 0.29) is 11.2 Å². The van der Waals surface area contributed by atoms with Crippen molar-refractivity contribution in [2.75, 3.05) is 6.54 Å². The molecule has 94 valence electrons. The zero-order valence-electron chi connectivity index (χ0n) is 11.0. The lowest BCUT2D eigenvalue weighted by molar-refractivity contribution is 0.347. The lowest BCUT2D eigenvalue weighted by Crippen LogP contribution is -2.44. The smallest absolute Gasteiger partial charge is 0.123 e. The van der Waals surface area contributed by atoms with E-state index in [0.29, 0.717) is 6.04 Å². The molecule has 0 radical (unpaired) electrons. The van der Waals surface area contributed by atoms with Gasteiger partial charge in [0.15, 0.2) is 0 Å². The first-order valence-electron chi connectivity index (χ1n) is 6.12. The Bertz CT molecular complexity index is 354. The van der Waals surface area contributed by atoms with Crippen LogP contribution in [0.25, 0.3) is 0 Å². The first-order chi connectivity index (χ1) is 8.02. The van der Waals surface area contributed by atoms with Gasteiger partial charge in [0.05, 0.1) is 0 Å². The summed E-state index contributed by atoms with van der Waals surface area (Å²) >= 11 is 0.